The maximum atomic E-state index is 11.5. The van der Waals surface area contributed by atoms with E-state index < -0.39 is 30.4 Å². The molecule has 116 valence electrons. The molecule has 0 radical (unpaired) electrons. The van der Waals surface area contributed by atoms with Crippen LogP contribution >= 0.6 is 0 Å². The van der Waals surface area contributed by atoms with E-state index >= 15 is 0 Å². The Bertz CT molecular complexity index is 516. The van der Waals surface area contributed by atoms with E-state index in [9.17, 15) is 9.59 Å². The smallest absolute Gasteiger partial charge is 0.480 e. The molecule has 0 aromatic heterocycles. The summed E-state index contributed by atoms with van der Waals surface area (Å²) >= 11 is 0. The van der Waals surface area contributed by atoms with Crippen molar-refractivity contribution in [3.05, 3.63) is 29.8 Å². The third-order valence-electron chi connectivity index (χ3n) is 2.73. The van der Waals surface area contributed by atoms with Gasteiger partial charge in [-0.1, -0.05) is 18.2 Å². The van der Waals surface area contributed by atoms with Crippen molar-refractivity contribution in [3.8, 4) is 0 Å². The minimum Gasteiger partial charge on any atom is -0.480 e. The van der Waals surface area contributed by atoms with Gasteiger partial charge in [0.15, 0.2) is 0 Å². The summed E-state index contributed by atoms with van der Waals surface area (Å²) in [6, 6.07) is 5.98. The summed E-state index contributed by atoms with van der Waals surface area (Å²) in [4.78, 5) is 22.0. The zero-order chi connectivity index (χ0) is 16.0. The van der Waals surface area contributed by atoms with E-state index in [1.165, 1.54) is 0 Å². The fourth-order valence-electron chi connectivity index (χ4n) is 1.67. The number of carbonyl (C=O) groups is 2. The van der Waals surface area contributed by atoms with Crippen LogP contribution in [-0.4, -0.2) is 35.5 Å². The Labute approximate surface area is 122 Å². The summed E-state index contributed by atoms with van der Waals surface area (Å²) in [7, 11) is 0. The third-order valence-corrected chi connectivity index (χ3v) is 2.73. The van der Waals surface area contributed by atoms with Crippen molar-refractivity contribution < 1.29 is 24.2 Å². The van der Waals surface area contributed by atoms with Crippen LogP contribution in [-0.2, 0) is 20.7 Å². The van der Waals surface area contributed by atoms with E-state index in [2.05, 4.69) is 4.74 Å². The van der Waals surface area contributed by atoms with Gasteiger partial charge in [0, 0.05) is 12.1 Å². The lowest BCUT2D eigenvalue weighted by Gasteiger charge is -2.25. The molecule has 0 spiro atoms. The van der Waals surface area contributed by atoms with E-state index in [1.54, 1.807) is 19.9 Å². The minimum absolute atomic E-state index is 0.403. The Balaban J connectivity index is 2.54. The third kappa shape index (κ3) is 5.70. The number of carboxylic acid groups (broad SMARTS) is 1. The summed E-state index contributed by atoms with van der Waals surface area (Å²) in [5, 5.41) is 8.58. The number of para-hydroxylation sites is 1. The maximum Gasteiger partial charge on any atom is 0.508 e. The second-order valence-corrected chi connectivity index (χ2v) is 5.24. The summed E-state index contributed by atoms with van der Waals surface area (Å²) in [6.07, 6.45) is -0.564. The molecule has 0 aliphatic heterocycles. The fourth-order valence-corrected chi connectivity index (χ4v) is 1.67. The minimum atomic E-state index is -1.27. The molecule has 1 aromatic rings. The number of nitrogens with two attached hydrogens (primary N) is 2. The van der Waals surface area contributed by atoms with Crippen molar-refractivity contribution in [2.24, 2.45) is 5.73 Å². The number of nitrogen functional groups attached to an aromatic ring is 1. The zero-order valence-electron chi connectivity index (χ0n) is 12.0. The van der Waals surface area contributed by atoms with Crippen molar-refractivity contribution in [2.75, 3.05) is 12.3 Å². The Morgan fingerprint density at radius 2 is 1.95 bits per heavy atom. The van der Waals surface area contributed by atoms with Crippen LogP contribution in [0.25, 0.3) is 0 Å². The Kier molecular flexibility index (Phi) is 5.54. The lowest BCUT2D eigenvalue weighted by atomic mass is 9.97. The monoisotopic (exact) mass is 296 g/mol. The maximum absolute atomic E-state index is 11.5. The van der Waals surface area contributed by atoms with Gasteiger partial charge in [-0.2, -0.15) is 0 Å². The van der Waals surface area contributed by atoms with E-state index in [4.69, 9.17) is 21.3 Å². The Hall–Kier alpha value is -2.28. The van der Waals surface area contributed by atoms with Gasteiger partial charge in [-0.15, -0.1) is 0 Å². The number of carbonyl (C=O) groups excluding carboxylic acids is 1. The van der Waals surface area contributed by atoms with Crippen LogP contribution in [0.2, 0.25) is 0 Å². The molecule has 0 heterocycles. The molecule has 7 nitrogen and oxygen atoms in total. The van der Waals surface area contributed by atoms with Gasteiger partial charge in [-0.25, -0.2) is 4.79 Å². The standard InChI is InChI=1S/C14H20N2O5/c1-14(2,7-9-5-3-4-6-10(9)15)21-13(19)20-8-11(16)12(17)18/h3-6,11H,7-8,15-16H2,1-2H3,(H,17,18)/t11-/m0/s1. The molecule has 7 heteroatoms. The molecule has 0 fully saturated rings. The molecular weight excluding hydrogens is 276 g/mol. The number of aliphatic carboxylic acids is 1. The van der Waals surface area contributed by atoms with Gasteiger partial charge in [0.05, 0.1) is 0 Å². The first-order chi connectivity index (χ1) is 9.71. The summed E-state index contributed by atoms with van der Waals surface area (Å²) < 4.78 is 9.83. The number of ether oxygens (including phenoxy) is 2. The van der Waals surface area contributed by atoms with Crippen LogP contribution in [0.4, 0.5) is 10.5 Å². The van der Waals surface area contributed by atoms with Gasteiger partial charge in [0.2, 0.25) is 0 Å². The van der Waals surface area contributed by atoms with Crippen molar-refractivity contribution in [2.45, 2.75) is 31.9 Å². The molecule has 1 rings (SSSR count). The fraction of sp³-hybridized carbons (Fsp3) is 0.429. The lowest BCUT2D eigenvalue weighted by molar-refractivity contribution is -0.139. The predicted molar refractivity (Wildman–Crippen MR) is 76.7 cm³/mol. The van der Waals surface area contributed by atoms with Crippen molar-refractivity contribution in [1.82, 2.24) is 0 Å². The van der Waals surface area contributed by atoms with Crippen molar-refractivity contribution in [1.29, 1.82) is 0 Å². The van der Waals surface area contributed by atoms with Gasteiger partial charge < -0.3 is 26.0 Å². The van der Waals surface area contributed by atoms with Gasteiger partial charge >= 0.3 is 12.1 Å². The first-order valence-corrected chi connectivity index (χ1v) is 6.39. The Morgan fingerprint density at radius 3 is 2.52 bits per heavy atom. The summed E-state index contributed by atoms with van der Waals surface area (Å²) in [5.41, 5.74) is 11.7. The largest absolute Gasteiger partial charge is 0.508 e. The highest BCUT2D eigenvalue weighted by molar-refractivity contribution is 5.73. The molecule has 0 unspecified atom stereocenters. The zero-order valence-corrected chi connectivity index (χ0v) is 12.0. The molecule has 0 aliphatic rings. The molecule has 0 amide bonds. The second-order valence-electron chi connectivity index (χ2n) is 5.24. The van der Waals surface area contributed by atoms with Gasteiger partial charge in [-0.3, -0.25) is 4.79 Å². The molecule has 0 saturated heterocycles. The molecule has 0 aliphatic carbocycles. The topological polar surface area (TPSA) is 125 Å². The number of carboxylic acids is 1. The number of hydrogen-bond donors (Lipinski definition) is 3. The van der Waals surface area contributed by atoms with Crippen LogP contribution in [0, 0.1) is 0 Å². The first kappa shape index (κ1) is 16.8. The Morgan fingerprint density at radius 1 is 1.33 bits per heavy atom. The number of anilines is 1. The van der Waals surface area contributed by atoms with E-state index in [0.717, 1.165) is 5.56 Å². The average molecular weight is 296 g/mol. The summed E-state index contributed by atoms with van der Waals surface area (Å²) in [5.74, 6) is -1.25. The van der Waals surface area contributed by atoms with E-state index in [-0.39, 0.29) is 0 Å². The second kappa shape index (κ2) is 6.94. The van der Waals surface area contributed by atoms with Crippen LogP contribution in [0.3, 0.4) is 0 Å². The van der Waals surface area contributed by atoms with E-state index in [1.807, 2.05) is 18.2 Å². The van der Waals surface area contributed by atoms with E-state index in [0.29, 0.717) is 12.1 Å². The molecule has 0 bridgehead atoms. The first-order valence-electron chi connectivity index (χ1n) is 6.39. The highest BCUT2D eigenvalue weighted by Crippen LogP contribution is 2.21. The summed E-state index contributed by atoms with van der Waals surface area (Å²) in [6.45, 7) is 2.97. The van der Waals surface area contributed by atoms with Crippen molar-refractivity contribution >= 4 is 17.8 Å². The van der Waals surface area contributed by atoms with Crippen LogP contribution in [0.1, 0.15) is 19.4 Å². The molecule has 21 heavy (non-hydrogen) atoms. The SMILES string of the molecule is CC(C)(Cc1ccccc1N)OC(=O)OC[C@H](N)C(=O)O. The molecule has 1 atom stereocenters. The number of hydrogen-bond acceptors (Lipinski definition) is 6. The van der Waals surface area contributed by atoms with Gasteiger partial charge in [0.1, 0.15) is 18.2 Å². The van der Waals surface area contributed by atoms with Gasteiger partial charge in [0.25, 0.3) is 0 Å². The van der Waals surface area contributed by atoms with Gasteiger partial charge in [-0.05, 0) is 25.5 Å². The normalized spacial score (nSPS) is 12.5. The van der Waals surface area contributed by atoms with Crippen LogP contribution in [0.15, 0.2) is 24.3 Å². The lowest BCUT2D eigenvalue weighted by Crippen LogP contribution is -2.37. The molecule has 1 aromatic carbocycles. The van der Waals surface area contributed by atoms with Crippen LogP contribution < -0.4 is 11.5 Å². The highest BCUT2D eigenvalue weighted by atomic mass is 16.7. The number of rotatable bonds is 6. The predicted octanol–water partition coefficient (Wildman–Crippen LogP) is 1.16. The number of benzene rings is 1. The average Bonchev–Trinajstić information content (AvgIpc) is 2.37. The quantitative estimate of drug-likeness (QED) is 0.531. The van der Waals surface area contributed by atoms with Crippen LogP contribution in [0.5, 0.6) is 0 Å². The highest BCUT2D eigenvalue weighted by Gasteiger charge is 2.26. The van der Waals surface area contributed by atoms with Crippen molar-refractivity contribution in [3.63, 3.8) is 0 Å². The molecule has 0 saturated carbocycles. The molecular formula is C14H20N2O5. The molecule has 5 N–H and O–H groups in total.